The minimum Gasteiger partial charge on any atom is -0.462 e. The third kappa shape index (κ3) is 10.3. The van der Waals surface area contributed by atoms with Crippen LogP contribution in [0.1, 0.15) is 130 Å². The van der Waals surface area contributed by atoms with E-state index in [0.717, 1.165) is 36.8 Å². The molecule has 0 saturated carbocycles. The van der Waals surface area contributed by atoms with Crippen molar-refractivity contribution in [3.63, 3.8) is 0 Å². The molecule has 0 saturated heterocycles. The maximum absolute atomic E-state index is 12.9. The second-order valence-electron chi connectivity index (χ2n) is 8.44. The topological polar surface area (TPSA) is 52.6 Å². The molecule has 0 spiro atoms. The van der Waals surface area contributed by atoms with Crippen molar-refractivity contribution in [3.8, 4) is 0 Å². The molecule has 31 heavy (non-hydrogen) atoms. The Hall–Kier alpha value is -1.84. The lowest BCUT2D eigenvalue weighted by Crippen LogP contribution is -2.18. The van der Waals surface area contributed by atoms with Crippen LogP contribution in [-0.2, 0) is 15.9 Å². The summed E-state index contributed by atoms with van der Waals surface area (Å²) >= 11 is 0. The van der Waals surface area contributed by atoms with E-state index in [2.05, 4.69) is 13.8 Å². The third-order valence-corrected chi connectivity index (χ3v) is 5.79. The average molecular weight is 433 g/mol. The average Bonchev–Trinajstić information content (AvgIpc) is 2.77. The number of hydrogen-bond donors (Lipinski definition) is 0. The van der Waals surface area contributed by atoms with Crippen molar-refractivity contribution in [1.29, 1.82) is 0 Å². The monoisotopic (exact) mass is 432 g/mol. The van der Waals surface area contributed by atoms with E-state index >= 15 is 0 Å². The minimum atomic E-state index is -0.422. The summed E-state index contributed by atoms with van der Waals surface area (Å²) in [4.78, 5) is 25.6. The number of carbonyl (C=O) groups is 2. The zero-order valence-electron chi connectivity index (χ0n) is 20.4. The molecule has 176 valence electrons. The summed E-state index contributed by atoms with van der Waals surface area (Å²) in [5, 5.41) is 0. The lowest BCUT2D eigenvalue weighted by atomic mass is 9.94. The van der Waals surface area contributed by atoms with Crippen LogP contribution < -0.4 is 0 Å². The van der Waals surface area contributed by atoms with E-state index < -0.39 is 11.9 Å². The van der Waals surface area contributed by atoms with E-state index in [0.29, 0.717) is 30.8 Å². The van der Waals surface area contributed by atoms with Crippen molar-refractivity contribution in [2.75, 3.05) is 13.2 Å². The van der Waals surface area contributed by atoms with Gasteiger partial charge in [0.15, 0.2) is 0 Å². The van der Waals surface area contributed by atoms with Gasteiger partial charge in [0.25, 0.3) is 0 Å². The zero-order valence-corrected chi connectivity index (χ0v) is 20.4. The molecule has 0 aromatic heterocycles. The molecule has 0 radical (unpaired) electrons. The van der Waals surface area contributed by atoms with Gasteiger partial charge >= 0.3 is 11.9 Å². The maximum atomic E-state index is 12.9. The Morgan fingerprint density at radius 2 is 1.16 bits per heavy atom. The molecule has 0 heterocycles. The summed E-state index contributed by atoms with van der Waals surface area (Å²) in [5.74, 6) is -0.824. The number of esters is 2. The number of ether oxygens (including phenoxy) is 2. The van der Waals surface area contributed by atoms with Gasteiger partial charge in [0.1, 0.15) is 0 Å². The quantitative estimate of drug-likeness (QED) is 0.188. The van der Waals surface area contributed by atoms with Crippen LogP contribution in [0.15, 0.2) is 12.1 Å². The molecule has 0 unspecified atom stereocenters. The van der Waals surface area contributed by atoms with E-state index in [4.69, 9.17) is 9.47 Å². The number of hydrogen-bond acceptors (Lipinski definition) is 4. The van der Waals surface area contributed by atoms with Crippen molar-refractivity contribution >= 4 is 11.9 Å². The van der Waals surface area contributed by atoms with E-state index in [9.17, 15) is 9.59 Å². The van der Waals surface area contributed by atoms with Crippen LogP contribution >= 0.6 is 0 Å². The Morgan fingerprint density at radius 3 is 1.68 bits per heavy atom. The van der Waals surface area contributed by atoms with Crippen LogP contribution in [0.3, 0.4) is 0 Å². The SMILES string of the molecule is CCCCCCCCOC(=O)c1ccc(C)c(CC)c1C(=O)OCCCCCCCC. The molecule has 1 rings (SSSR count). The minimum absolute atomic E-state index is 0.335. The van der Waals surface area contributed by atoms with Gasteiger partial charge in [-0.25, -0.2) is 9.59 Å². The summed E-state index contributed by atoms with van der Waals surface area (Å²) in [6.45, 7) is 9.16. The molecular weight excluding hydrogens is 388 g/mol. The number of benzene rings is 1. The van der Waals surface area contributed by atoms with Crippen molar-refractivity contribution < 1.29 is 19.1 Å². The van der Waals surface area contributed by atoms with Crippen molar-refractivity contribution in [1.82, 2.24) is 0 Å². The second-order valence-corrected chi connectivity index (χ2v) is 8.44. The molecule has 0 bridgehead atoms. The Balaban J connectivity index is 2.65. The first-order valence-corrected chi connectivity index (χ1v) is 12.5. The molecule has 0 amide bonds. The molecule has 0 aliphatic rings. The Labute approximate surface area is 190 Å². The number of aryl methyl sites for hydroxylation is 1. The van der Waals surface area contributed by atoms with Gasteiger partial charge in [-0.3, -0.25) is 0 Å². The number of carbonyl (C=O) groups excluding carboxylic acids is 2. The second kappa shape index (κ2) is 16.8. The molecule has 0 aliphatic carbocycles. The summed E-state index contributed by atoms with van der Waals surface area (Å²) in [7, 11) is 0. The molecule has 0 aliphatic heterocycles. The van der Waals surface area contributed by atoms with Gasteiger partial charge in [-0.1, -0.05) is 91.0 Å². The first kappa shape index (κ1) is 27.2. The lowest BCUT2D eigenvalue weighted by molar-refractivity contribution is 0.0449. The summed E-state index contributed by atoms with van der Waals surface area (Å²) in [6, 6.07) is 3.60. The van der Waals surface area contributed by atoms with Crippen molar-refractivity contribution in [3.05, 3.63) is 34.4 Å². The standard InChI is InChI=1S/C27H44O4/c1-5-8-10-12-14-16-20-30-26(28)24-19-18-22(4)23(7-3)25(24)27(29)31-21-17-15-13-11-9-6-2/h18-19H,5-17,20-21H2,1-4H3. The van der Waals surface area contributed by atoms with Gasteiger partial charge in [0, 0.05) is 0 Å². The Bertz CT molecular complexity index is 651. The highest BCUT2D eigenvalue weighted by molar-refractivity contribution is 6.04. The van der Waals surface area contributed by atoms with Gasteiger partial charge in [0.2, 0.25) is 0 Å². The van der Waals surface area contributed by atoms with E-state index in [1.807, 2.05) is 19.9 Å². The molecule has 4 nitrogen and oxygen atoms in total. The van der Waals surface area contributed by atoms with Crippen LogP contribution in [0.4, 0.5) is 0 Å². The molecule has 0 fully saturated rings. The zero-order chi connectivity index (χ0) is 22.9. The van der Waals surface area contributed by atoms with Gasteiger partial charge in [-0.05, 0) is 43.4 Å². The predicted octanol–water partition coefficient (Wildman–Crippen LogP) is 7.59. The van der Waals surface area contributed by atoms with E-state index in [1.54, 1.807) is 6.07 Å². The fourth-order valence-corrected chi connectivity index (χ4v) is 3.86. The fraction of sp³-hybridized carbons (Fsp3) is 0.704. The fourth-order valence-electron chi connectivity index (χ4n) is 3.86. The van der Waals surface area contributed by atoms with Crippen LogP contribution in [-0.4, -0.2) is 25.2 Å². The Kier molecular flexibility index (Phi) is 14.7. The molecule has 4 heteroatoms. The van der Waals surface area contributed by atoms with Crippen molar-refractivity contribution in [2.24, 2.45) is 0 Å². The smallest absolute Gasteiger partial charge is 0.339 e. The number of rotatable bonds is 17. The normalized spacial score (nSPS) is 10.8. The first-order chi connectivity index (χ1) is 15.1. The largest absolute Gasteiger partial charge is 0.462 e. The van der Waals surface area contributed by atoms with Crippen LogP contribution in [0, 0.1) is 6.92 Å². The van der Waals surface area contributed by atoms with Gasteiger partial charge in [0.05, 0.1) is 24.3 Å². The highest BCUT2D eigenvalue weighted by Gasteiger charge is 2.24. The molecule has 0 atom stereocenters. The van der Waals surface area contributed by atoms with Crippen LogP contribution in [0.25, 0.3) is 0 Å². The van der Waals surface area contributed by atoms with Gasteiger partial charge < -0.3 is 9.47 Å². The van der Waals surface area contributed by atoms with Crippen molar-refractivity contribution in [2.45, 2.75) is 111 Å². The molecular formula is C27H44O4. The maximum Gasteiger partial charge on any atom is 0.339 e. The summed E-state index contributed by atoms with van der Waals surface area (Å²) in [5.41, 5.74) is 2.60. The van der Waals surface area contributed by atoms with E-state index in [-0.39, 0.29) is 0 Å². The molecule has 1 aromatic carbocycles. The van der Waals surface area contributed by atoms with Crippen LogP contribution in [0.2, 0.25) is 0 Å². The first-order valence-electron chi connectivity index (χ1n) is 12.5. The lowest BCUT2D eigenvalue weighted by Gasteiger charge is -2.15. The highest BCUT2D eigenvalue weighted by atomic mass is 16.5. The Morgan fingerprint density at radius 1 is 0.677 bits per heavy atom. The predicted molar refractivity (Wildman–Crippen MR) is 128 cm³/mol. The van der Waals surface area contributed by atoms with Gasteiger partial charge in [-0.15, -0.1) is 0 Å². The summed E-state index contributed by atoms with van der Waals surface area (Å²) < 4.78 is 11.1. The molecule has 1 aromatic rings. The molecule has 0 N–H and O–H groups in total. The highest BCUT2D eigenvalue weighted by Crippen LogP contribution is 2.22. The third-order valence-electron chi connectivity index (χ3n) is 5.79. The van der Waals surface area contributed by atoms with Crippen LogP contribution in [0.5, 0.6) is 0 Å². The van der Waals surface area contributed by atoms with E-state index in [1.165, 1.54) is 51.4 Å². The number of unbranched alkanes of at least 4 members (excludes halogenated alkanes) is 10. The summed E-state index contributed by atoms with van der Waals surface area (Å²) in [6.07, 6.45) is 14.3. The van der Waals surface area contributed by atoms with Gasteiger partial charge in [-0.2, -0.15) is 0 Å².